The molecule has 3 aliphatic rings. The number of hydrogen-bond acceptors (Lipinski definition) is 9. The van der Waals surface area contributed by atoms with Gasteiger partial charge in [0.05, 0.1) is 17.8 Å². The number of urea groups is 1. The van der Waals surface area contributed by atoms with Gasteiger partial charge in [0.15, 0.2) is 6.29 Å². The topological polar surface area (TPSA) is 135 Å². The molecule has 2 aliphatic heterocycles. The molecule has 0 bridgehead atoms. The monoisotopic (exact) mass is 562 g/mol. The second-order valence-corrected chi connectivity index (χ2v) is 11.9. The molecule has 2 aromatic rings. The molecule has 3 amide bonds. The highest BCUT2D eigenvalue weighted by molar-refractivity contribution is 7.99. The minimum atomic E-state index is -0.405. The van der Waals surface area contributed by atoms with Gasteiger partial charge in [0.1, 0.15) is 23.4 Å². The Hall–Kier alpha value is -3.69. The average molecular weight is 563 g/mol. The first-order chi connectivity index (χ1) is 19.3. The molecule has 1 saturated carbocycles. The lowest BCUT2D eigenvalue weighted by Crippen LogP contribution is -2.48. The van der Waals surface area contributed by atoms with Crippen LogP contribution in [-0.2, 0) is 17.8 Å². The molecule has 2 N–H and O–H groups in total. The normalized spacial score (nSPS) is 18.1. The van der Waals surface area contributed by atoms with Crippen molar-refractivity contribution in [3.8, 4) is 6.07 Å². The fourth-order valence-corrected chi connectivity index (χ4v) is 6.07. The maximum atomic E-state index is 13.4. The Labute approximate surface area is 238 Å². The molecule has 11 nitrogen and oxygen atoms in total. The van der Waals surface area contributed by atoms with Crippen LogP contribution in [0.3, 0.4) is 0 Å². The number of aryl methyl sites for hydroxylation is 1. The zero-order valence-corrected chi connectivity index (χ0v) is 23.7. The zero-order valence-electron chi connectivity index (χ0n) is 22.9. The lowest BCUT2D eigenvalue weighted by Gasteiger charge is -2.33. The van der Waals surface area contributed by atoms with E-state index in [1.165, 1.54) is 11.1 Å². The van der Waals surface area contributed by atoms with Crippen LogP contribution in [0.4, 0.5) is 22.1 Å². The fourth-order valence-electron chi connectivity index (χ4n) is 5.12. The number of pyridine rings is 2. The Kier molecular flexibility index (Phi) is 8.23. The molecule has 0 atom stereocenters. The summed E-state index contributed by atoms with van der Waals surface area (Å²) in [5.41, 5.74) is 2.84. The molecule has 5 rings (SSSR count). The summed E-state index contributed by atoms with van der Waals surface area (Å²) in [5.74, 6) is 2.78. The first-order valence-electron chi connectivity index (χ1n) is 13.6. The summed E-state index contributed by atoms with van der Waals surface area (Å²) in [5, 5.41) is 16.0. The summed E-state index contributed by atoms with van der Waals surface area (Å²) >= 11 is 1.86. The van der Waals surface area contributed by atoms with Crippen molar-refractivity contribution < 1.29 is 14.4 Å². The second kappa shape index (κ2) is 11.8. The van der Waals surface area contributed by atoms with Crippen molar-refractivity contribution in [2.24, 2.45) is 0 Å². The van der Waals surface area contributed by atoms with E-state index in [1.54, 1.807) is 11.0 Å². The summed E-state index contributed by atoms with van der Waals surface area (Å²) in [4.78, 5) is 52.0. The molecule has 2 aromatic heterocycles. The van der Waals surface area contributed by atoms with Gasteiger partial charge in [-0.15, -0.1) is 0 Å². The number of amides is 3. The van der Waals surface area contributed by atoms with Gasteiger partial charge in [-0.3, -0.25) is 24.7 Å². The Morgan fingerprint density at radius 2 is 2.10 bits per heavy atom. The van der Waals surface area contributed by atoms with Crippen molar-refractivity contribution in [2.75, 3.05) is 60.3 Å². The smallest absolute Gasteiger partial charge is 0.328 e. The minimum Gasteiger partial charge on any atom is -0.378 e. The third-order valence-electron chi connectivity index (χ3n) is 7.60. The quantitative estimate of drug-likeness (QED) is 0.442. The Morgan fingerprint density at radius 1 is 1.27 bits per heavy atom. The molecular formula is C28H34N8O3S. The first kappa shape index (κ1) is 27.9. The summed E-state index contributed by atoms with van der Waals surface area (Å²) in [7, 11) is 1.91. The SMILES string of the molecule is CCSCC1(Nc2cc(NC(=O)N3CCCc4cc(CN5CCN(C)CC5=O)c(C=O)nc43)ncc2C#N)CC1. The number of carbonyl (C=O) groups excluding carboxylic acids is 3. The van der Waals surface area contributed by atoms with Crippen LogP contribution in [-0.4, -0.2) is 88.3 Å². The third-order valence-corrected chi connectivity index (χ3v) is 8.76. The molecule has 1 aliphatic carbocycles. The van der Waals surface area contributed by atoms with Crippen molar-refractivity contribution in [1.82, 2.24) is 19.8 Å². The van der Waals surface area contributed by atoms with E-state index in [2.05, 4.69) is 33.6 Å². The lowest BCUT2D eigenvalue weighted by atomic mass is 10.0. The number of fused-ring (bicyclic) bond motifs is 1. The van der Waals surface area contributed by atoms with Gasteiger partial charge in [-0.1, -0.05) is 6.92 Å². The number of piperazine rings is 1. The maximum absolute atomic E-state index is 13.4. The molecule has 0 unspecified atom stereocenters. The van der Waals surface area contributed by atoms with Gasteiger partial charge in [0.2, 0.25) is 5.91 Å². The second-order valence-electron chi connectivity index (χ2n) is 10.6. The van der Waals surface area contributed by atoms with Crippen molar-refractivity contribution >= 4 is 47.3 Å². The number of aldehydes is 1. The molecule has 12 heteroatoms. The van der Waals surface area contributed by atoms with E-state index in [0.29, 0.717) is 60.9 Å². The van der Waals surface area contributed by atoms with Crippen molar-refractivity contribution in [2.45, 2.75) is 44.7 Å². The van der Waals surface area contributed by atoms with Gasteiger partial charge in [0.25, 0.3) is 0 Å². The summed E-state index contributed by atoms with van der Waals surface area (Å²) in [6.07, 6.45) is 5.69. The average Bonchev–Trinajstić information content (AvgIpc) is 3.72. The molecule has 40 heavy (non-hydrogen) atoms. The van der Waals surface area contributed by atoms with E-state index in [0.717, 1.165) is 49.3 Å². The molecule has 210 valence electrons. The van der Waals surface area contributed by atoms with Crippen molar-refractivity contribution in [3.63, 3.8) is 0 Å². The van der Waals surface area contributed by atoms with Crippen LogP contribution in [0.2, 0.25) is 0 Å². The van der Waals surface area contributed by atoms with Crippen LogP contribution in [0.15, 0.2) is 18.3 Å². The maximum Gasteiger partial charge on any atom is 0.328 e. The van der Waals surface area contributed by atoms with E-state index in [-0.39, 0.29) is 17.1 Å². The minimum absolute atomic E-state index is 0.0184. The van der Waals surface area contributed by atoms with Crippen LogP contribution >= 0.6 is 11.8 Å². The van der Waals surface area contributed by atoms with Gasteiger partial charge < -0.3 is 10.2 Å². The summed E-state index contributed by atoms with van der Waals surface area (Å²) in [6.45, 7) is 4.60. The van der Waals surface area contributed by atoms with Crippen LogP contribution < -0.4 is 15.5 Å². The largest absolute Gasteiger partial charge is 0.378 e. The first-order valence-corrected chi connectivity index (χ1v) is 14.8. The molecule has 0 radical (unpaired) electrons. The van der Waals surface area contributed by atoms with Gasteiger partial charge >= 0.3 is 6.03 Å². The number of thioether (sulfide) groups is 1. The molecule has 0 spiro atoms. The molecule has 2 fully saturated rings. The highest BCUT2D eigenvalue weighted by Crippen LogP contribution is 2.42. The Morgan fingerprint density at radius 3 is 2.80 bits per heavy atom. The number of carbonyl (C=O) groups is 3. The zero-order chi connectivity index (χ0) is 28.3. The van der Waals surface area contributed by atoms with Gasteiger partial charge in [-0.2, -0.15) is 17.0 Å². The molecule has 1 saturated heterocycles. The van der Waals surface area contributed by atoms with Crippen LogP contribution in [0.1, 0.15) is 53.4 Å². The molecular weight excluding hydrogens is 528 g/mol. The van der Waals surface area contributed by atoms with E-state index in [9.17, 15) is 19.6 Å². The predicted molar refractivity (Wildman–Crippen MR) is 155 cm³/mol. The van der Waals surface area contributed by atoms with Crippen LogP contribution in [0, 0.1) is 11.3 Å². The number of aromatic nitrogens is 2. The summed E-state index contributed by atoms with van der Waals surface area (Å²) in [6, 6.07) is 5.39. The standard InChI is InChI=1S/C28H34N8O3S/c1-3-40-18-28(6-7-28)33-22-12-24(30-14-21(22)13-29)32-27(39)36-8-4-5-19-11-20(23(17-37)31-26(19)36)15-35-10-9-34(2)16-25(35)38/h11-12,14,17H,3-10,15-16,18H2,1-2H3,(H2,30,32,33,39). The van der Waals surface area contributed by atoms with Crippen LogP contribution in [0.25, 0.3) is 0 Å². The van der Waals surface area contributed by atoms with Crippen LogP contribution in [0.5, 0.6) is 0 Å². The van der Waals surface area contributed by atoms with Gasteiger partial charge in [0, 0.05) is 55.3 Å². The van der Waals surface area contributed by atoms with Crippen molar-refractivity contribution in [1.29, 1.82) is 5.26 Å². The van der Waals surface area contributed by atoms with Crippen molar-refractivity contribution in [3.05, 3.63) is 40.7 Å². The number of likely N-dealkylation sites (N-methyl/N-ethyl adjacent to an activating group) is 1. The van der Waals surface area contributed by atoms with E-state index >= 15 is 0 Å². The lowest BCUT2D eigenvalue weighted by molar-refractivity contribution is -0.136. The number of nitriles is 1. The van der Waals surface area contributed by atoms with E-state index in [4.69, 9.17) is 0 Å². The Bertz CT molecular complexity index is 1360. The number of nitrogens with one attached hydrogen (secondary N) is 2. The number of nitrogens with zero attached hydrogens (tertiary/aromatic N) is 6. The molecule has 0 aromatic carbocycles. The van der Waals surface area contributed by atoms with Gasteiger partial charge in [-0.25, -0.2) is 14.8 Å². The third kappa shape index (κ3) is 6.05. The number of anilines is 3. The van der Waals surface area contributed by atoms with E-state index < -0.39 is 6.03 Å². The predicted octanol–water partition coefficient (Wildman–Crippen LogP) is 3.12. The van der Waals surface area contributed by atoms with E-state index in [1.807, 2.05) is 29.8 Å². The number of hydrogen-bond donors (Lipinski definition) is 2. The highest BCUT2D eigenvalue weighted by atomic mass is 32.2. The highest BCUT2D eigenvalue weighted by Gasteiger charge is 2.42. The fraction of sp³-hybridized carbons (Fsp3) is 0.500. The molecule has 4 heterocycles. The Balaban J connectivity index is 1.33. The number of rotatable bonds is 9. The summed E-state index contributed by atoms with van der Waals surface area (Å²) < 4.78 is 0. The van der Waals surface area contributed by atoms with Gasteiger partial charge in [-0.05, 0) is 50.1 Å².